The van der Waals surface area contributed by atoms with Gasteiger partial charge in [-0.25, -0.2) is 0 Å². The molecule has 0 radical (unpaired) electrons. The summed E-state index contributed by atoms with van der Waals surface area (Å²) >= 11 is 1.81. The summed E-state index contributed by atoms with van der Waals surface area (Å²) in [6.07, 6.45) is 2.70. The fourth-order valence-corrected chi connectivity index (χ4v) is 3.73. The van der Waals surface area contributed by atoms with Crippen molar-refractivity contribution in [2.45, 2.75) is 19.9 Å². The summed E-state index contributed by atoms with van der Waals surface area (Å²) in [5.41, 5.74) is 0. The molecule has 25 heavy (non-hydrogen) atoms. The molecule has 1 saturated heterocycles. The van der Waals surface area contributed by atoms with E-state index < -0.39 is 0 Å². The van der Waals surface area contributed by atoms with Gasteiger partial charge in [0.1, 0.15) is 12.2 Å². The maximum Gasteiger partial charge on any atom is 0.193 e. The number of anilines is 1. The van der Waals surface area contributed by atoms with Gasteiger partial charge in [0.05, 0.1) is 5.00 Å². The number of thiophene rings is 1. The molecule has 0 amide bonds. The lowest BCUT2D eigenvalue weighted by atomic mass is 10.3. The van der Waals surface area contributed by atoms with Gasteiger partial charge in [-0.3, -0.25) is 4.99 Å². The van der Waals surface area contributed by atoms with E-state index in [9.17, 15) is 0 Å². The second-order valence-corrected chi connectivity index (χ2v) is 6.62. The summed E-state index contributed by atoms with van der Waals surface area (Å²) in [5, 5.41) is 15.0. The maximum atomic E-state index is 4.44. The van der Waals surface area contributed by atoms with Gasteiger partial charge in [-0.05, 0) is 17.5 Å². The highest BCUT2D eigenvalue weighted by Gasteiger charge is 2.20. The third kappa shape index (κ3) is 5.06. The number of hydrogen-bond acceptors (Lipinski definition) is 5. The van der Waals surface area contributed by atoms with Crippen molar-refractivity contribution in [3.05, 3.63) is 29.7 Å². The molecule has 0 aromatic carbocycles. The Balaban J connectivity index is 0.00000225. The minimum absolute atomic E-state index is 0. The van der Waals surface area contributed by atoms with Gasteiger partial charge < -0.3 is 19.7 Å². The standard InChI is InChI=1S/C16H25N7S.HI/c1-3-14-20-19-13-23(14)7-6-18-16(17-2)22-10-8-21(9-11-22)15-5-4-12-24-15;/h4-5,12-13H,3,6-11H2,1-2H3,(H,17,18);1H. The first-order valence-corrected chi connectivity index (χ1v) is 9.30. The van der Waals surface area contributed by atoms with E-state index in [1.807, 2.05) is 18.4 Å². The molecule has 0 bridgehead atoms. The van der Waals surface area contributed by atoms with E-state index in [-0.39, 0.29) is 24.0 Å². The highest BCUT2D eigenvalue weighted by Crippen LogP contribution is 2.22. The zero-order valence-electron chi connectivity index (χ0n) is 14.8. The largest absolute Gasteiger partial charge is 0.360 e. The molecule has 1 fully saturated rings. The third-order valence-electron chi connectivity index (χ3n) is 4.26. The molecule has 1 aliphatic rings. The lowest BCUT2D eigenvalue weighted by Gasteiger charge is -2.37. The molecule has 0 spiro atoms. The van der Waals surface area contributed by atoms with E-state index in [1.54, 1.807) is 6.33 Å². The second-order valence-electron chi connectivity index (χ2n) is 5.69. The molecule has 0 unspecified atom stereocenters. The van der Waals surface area contributed by atoms with Gasteiger partial charge in [-0.1, -0.05) is 6.92 Å². The Morgan fingerprint density at radius 1 is 1.32 bits per heavy atom. The topological polar surface area (TPSA) is 61.6 Å². The van der Waals surface area contributed by atoms with Crippen LogP contribution in [0.15, 0.2) is 28.8 Å². The predicted octanol–water partition coefficient (Wildman–Crippen LogP) is 1.92. The molecular weight excluding hydrogens is 449 g/mol. The van der Waals surface area contributed by atoms with Crippen LogP contribution in [-0.2, 0) is 13.0 Å². The number of guanidine groups is 1. The number of nitrogens with one attached hydrogen (secondary N) is 1. The zero-order chi connectivity index (χ0) is 16.8. The molecule has 9 heteroatoms. The molecule has 2 aromatic heterocycles. The first-order chi connectivity index (χ1) is 11.8. The summed E-state index contributed by atoms with van der Waals surface area (Å²) in [6, 6.07) is 4.31. The van der Waals surface area contributed by atoms with E-state index in [1.165, 1.54) is 5.00 Å². The number of halogens is 1. The molecular formula is C16H26IN7S. The summed E-state index contributed by atoms with van der Waals surface area (Å²) in [5.74, 6) is 2.00. The van der Waals surface area contributed by atoms with Crippen LogP contribution in [0, 0.1) is 0 Å². The number of piperazine rings is 1. The van der Waals surface area contributed by atoms with Gasteiger partial charge in [0.2, 0.25) is 0 Å². The van der Waals surface area contributed by atoms with Crippen molar-refractivity contribution in [1.29, 1.82) is 0 Å². The lowest BCUT2D eigenvalue weighted by molar-refractivity contribution is 0.372. The van der Waals surface area contributed by atoms with Gasteiger partial charge >= 0.3 is 0 Å². The normalized spacial score (nSPS) is 15.2. The van der Waals surface area contributed by atoms with Gasteiger partial charge in [0, 0.05) is 52.7 Å². The first kappa shape index (κ1) is 20.0. The lowest BCUT2D eigenvalue weighted by Crippen LogP contribution is -2.52. The molecule has 7 nitrogen and oxygen atoms in total. The van der Waals surface area contributed by atoms with Gasteiger partial charge in [0.15, 0.2) is 5.96 Å². The number of aliphatic imine (C=N–C) groups is 1. The number of aryl methyl sites for hydroxylation is 1. The summed E-state index contributed by atoms with van der Waals surface area (Å²) in [4.78, 5) is 9.21. The molecule has 3 rings (SSSR count). The van der Waals surface area contributed by atoms with E-state index in [4.69, 9.17) is 0 Å². The number of hydrogen-bond donors (Lipinski definition) is 1. The van der Waals surface area contributed by atoms with E-state index in [0.717, 1.165) is 57.5 Å². The third-order valence-corrected chi connectivity index (χ3v) is 5.19. The van der Waals surface area contributed by atoms with Gasteiger partial charge in [-0.15, -0.1) is 45.5 Å². The smallest absolute Gasteiger partial charge is 0.193 e. The summed E-state index contributed by atoms with van der Waals surface area (Å²) < 4.78 is 2.09. The first-order valence-electron chi connectivity index (χ1n) is 8.42. The molecule has 1 N–H and O–H groups in total. The minimum atomic E-state index is 0. The highest BCUT2D eigenvalue weighted by atomic mass is 127. The van der Waals surface area contributed by atoms with E-state index >= 15 is 0 Å². The molecule has 0 atom stereocenters. The number of nitrogens with zero attached hydrogens (tertiary/aromatic N) is 6. The van der Waals surface area contributed by atoms with Crippen molar-refractivity contribution in [3.63, 3.8) is 0 Å². The van der Waals surface area contributed by atoms with Crippen molar-refractivity contribution in [2.75, 3.05) is 44.7 Å². The Labute approximate surface area is 170 Å². The van der Waals surface area contributed by atoms with Gasteiger partial charge in [-0.2, -0.15) is 0 Å². The van der Waals surface area contributed by atoms with Crippen LogP contribution in [-0.4, -0.2) is 65.4 Å². The van der Waals surface area contributed by atoms with E-state index in [0.29, 0.717) is 0 Å². The SMILES string of the molecule is CCc1nncn1CCNC(=NC)N1CCN(c2cccs2)CC1.I. The molecule has 0 aliphatic carbocycles. The fraction of sp³-hybridized carbons (Fsp3) is 0.562. The molecule has 2 aromatic rings. The van der Waals surface area contributed by atoms with Crippen molar-refractivity contribution in [3.8, 4) is 0 Å². The Hall–Kier alpha value is -1.36. The number of aromatic nitrogens is 3. The monoisotopic (exact) mass is 475 g/mol. The van der Waals surface area contributed by atoms with Crippen LogP contribution in [0.2, 0.25) is 0 Å². The molecule has 0 saturated carbocycles. The van der Waals surface area contributed by atoms with E-state index in [2.05, 4.69) is 59.3 Å². The highest BCUT2D eigenvalue weighted by molar-refractivity contribution is 14.0. The minimum Gasteiger partial charge on any atom is -0.360 e. The average Bonchev–Trinajstić information content (AvgIpc) is 3.30. The van der Waals surface area contributed by atoms with Crippen LogP contribution >= 0.6 is 35.3 Å². The van der Waals surface area contributed by atoms with Crippen LogP contribution in [0.1, 0.15) is 12.7 Å². The Kier molecular flexibility index (Phi) is 7.94. The van der Waals surface area contributed by atoms with Crippen LogP contribution in [0.25, 0.3) is 0 Å². The molecule has 3 heterocycles. The maximum absolute atomic E-state index is 4.44. The second kappa shape index (κ2) is 9.95. The fourth-order valence-electron chi connectivity index (χ4n) is 2.95. The molecule has 138 valence electrons. The van der Waals surface area contributed by atoms with Gasteiger partial charge in [0.25, 0.3) is 0 Å². The predicted molar refractivity (Wildman–Crippen MR) is 114 cm³/mol. The summed E-state index contributed by atoms with van der Waals surface area (Å²) in [7, 11) is 1.85. The van der Waals surface area contributed by atoms with Crippen LogP contribution < -0.4 is 10.2 Å². The van der Waals surface area contributed by atoms with Crippen LogP contribution in [0.4, 0.5) is 5.00 Å². The number of rotatable bonds is 5. The molecule has 1 aliphatic heterocycles. The van der Waals surface area contributed by atoms with Crippen molar-refractivity contribution in [1.82, 2.24) is 25.0 Å². The van der Waals surface area contributed by atoms with Crippen molar-refractivity contribution >= 4 is 46.3 Å². The Morgan fingerprint density at radius 3 is 2.76 bits per heavy atom. The van der Waals surface area contributed by atoms with Crippen molar-refractivity contribution < 1.29 is 0 Å². The van der Waals surface area contributed by atoms with Crippen molar-refractivity contribution in [2.24, 2.45) is 4.99 Å². The van der Waals surface area contributed by atoms with Crippen LogP contribution in [0.5, 0.6) is 0 Å². The quantitative estimate of drug-likeness (QED) is 0.407. The Bertz CT molecular complexity index is 647. The van der Waals surface area contributed by atoms with Crippen LogP contribution in [0.3, 0.4) is 0 Å². The Morgan fingerprint density at radius 2 is 2.12 bits per heavy atom. The zero-order valence-corrected chi connectivity index (χ0v) is 17.9. The average molecular weight is 475 g/mol. The summed E-state index contributed by atoms with van der Waals surface area (Å²) in [6.45, 7) is 7.82.